The van der Waals surface area contributed by atoms with Crippen LogP contribution in [0.15, 0.2) is 22.9 Å². The zero-order valence-corrected chi connectivity index (χ0v) is 16.0. The number of hydrogen-bond acceptors (Lipinski definition) is 5. The Morgan fingerprint density at radius 3 is 2.54 bits per heavy atom. The highest BCUT2D eigenvalue weighted by Crippen LogP contribution is 2.32. The number of rotatable bonds is 5. The number of carbonyl (C=O) groups is 1. The van der Waals surface area contributed by atoms with Gasteiger partial charge in [-0.05, 0) is 25.3 Å². The molecule has 7 heteroatoms. The molecule has 0 spiro atoms. The molecule has 1 saturated heterocycles. The number of aromatic nitrogens is 3. The van der Waals surface area contributed by atoms with Gasteiger partial charge in [0.25, 0.3) is 0 Å². The Hall–Kier alpha value is -2.15. The molecule has 26 heavy (non-hydrogen) atoms. The molecule has 142 valence electrons. The lowest BCUT2D eigenvalue weighted by Crippen LogP contribution is -2.51. The van der Waals surface area contributed by atoms with E-state index < -0.39 is 11.5 Å². The van der Waals surface area contributed by atoms with E-state index in [4.69, 9.17) is 4.52 Å². The Balaban J connectivity index is 1.72. The number of hydrogen-bond donors (Lipinski definition) is 1. The summed E-state index contributed by atoms with van der Waals surface area (Å²) in [4.78, 5) is 14.4. The Bertz CT molecular complexity index is 764. The summed E-state index contributed by atoms with van der Waals surface area (Å²) in [6.07, 6.45) is 3.69. The van der Waals surface area contributed by atoms with E-state index in [1.807, 2.05) is 25.3 Å². The van der Waals surface area contributed by atoms with E-state index in [-0.39, 0.29) is 5.41 Å². The number of nitrogens with zero attached hydrogens (tertiary/aromatic N) is 4. The van der Waals surface area contributed by atoms with Crippen molar-refractivity contribution in [1.82, 2.24) is 19.8 Å². The van der Waals surface area contributed by atoms with Crippen molar-refractivity contribution < 1.29 is 14.4 Å². The van der Waals surface area contributed by atoms with Crippen LogP contribution >= 0.6 is 0 Å². The van der Waals surface area contributed by atoms with Gasteiger partial charge < -0.3 is 9.63 Å². The van der Waals surface area contributed by atoms with Crippen LogP contribution in [0.2, 0.25) is 0 Å². The quantitative estimate of drug-likeness (QED) is 0.883. The molecule has 0 aromatic carbocycles. The summed E-state index contributed by atoms with van der Waals surface area (Å²) in [7, 11) is 0. The molecule has 0 aliphatic carbocycles. The minimum atomic E-state index is -0.976. The fourth-order valence-electron chi connectivity index (χ4n) is 3.40. The first kappa shape index (κ1) is 18.6. The molecule has 1 aliphatic rings. The normalized spacial score (nSPS) is 18.2. The molecular formula is C19H28N4O3. The number of carboxylic acids is 1. The second-order valence-electron chi connectivity index (χ2n) is 8.15. The third-order valence-corrected chi connectivity index (χ3v) is 5.23. The van der Waals surface area contributed by atoms with Crippen molar-refractivity contribution in [2.75, 3.05) is 13.1 Å². The predicted molar refractivity (Wildman–Crippen MR) is 96.9 cm³/mol. The maximum Gasteiger partial charge on any atom is 0.331 e. The summed E-state index contributed by atoms with van der Waals surface area (Å²) in [5.74, 6) is 0.0208. The predicted octanol–water partition coefficient (Wildman–Crippen LogP) is 2.81. The van der Waals surface area contributed by atoms with Gasteiger partial charge in [-0.3, -0.25) is 9.58 Å². The van der Waals surface area contributed by atoms with Gasteiger partial charge in [0.1, 0.15) is 0 Å². The van der Waals surface area contributed by atoms with Crippen molar-refractivity contribution in [2.24, 2.45) is 0 Å². The van der Waals surface area contributed by atoms with Gasteiger partial charge in [0.2, 0.25) is 0 Å². The summed E-state index contributed by atoms with van der Waals surface area (Å²) in [5.41, 5.74) is 0.780. The van der Waals surface area contributed by atoms with Crippen LogP contribution < -0.4 is 0 Å². The van der Waals surface area contributed by atoms with E-state index in [0.29, 0.717) is 32.5 Å². The highest BCUT2D eigenvalue weighted by Gasteiger charge is 2.44. The van der Waals surface area contributed by atoms with Gasteiger partial charge in [-0.25, -0.2) is 4.79 Å². The molecule has 1 fully saturated rings. The Morgan fingerprint density at radius 2 is 2.04 bits per heavy atom. The summed E-state index contributed by atoms with van der Waals surface area (Å²) in [6, 6.07) is 3.90. The molecule has 2 aromatic rings. The van der Waals surface area contributed by atoms with Gasteiger partial charge in [0.15, 0.2) is 11.3 Å². The van der Waals surface area contributed by atoms with Gasteiger partial charge in [-0.1, -0.05) is 32.9 Å². The first-order valence-electron chi connectivity index (χ1n) is 9.21. The van der Waals surface area contributed by atoms with E-state index in [2.05, 4.69) is 35.9 Å². The highest BCUT2D eigenvalue weighted by atomic mass is 16.5. The van der Waals surface area contributed by atoms with Crippen LogP contribution in [0.4, 0.5) is 0 Å². The number of piperidine rings is 1. The maximum absolute atomic E-state index is 12.1. The molecule has 3 rings (SSSR count). The lowest BCUT2D eigenvalue weighted by atomic mass is 9.87. The van der Waals surface area contributed by atoms with Gasteiger partial charge >= 0.3 is 5.97 Å². The zero-order valence-electron chi connectivity index (χ0n) is 16.0. The molecule has 7 nitrogen and oxygen atoms in total. The van der Waals surface area contributed by atoms with Crippen molar-refractivity contribution in [1.29, 1.82) is 0 Å². The summed E-state index contributed by atoms with van der Waals surface area (Å²) in [5, 5.41) is 18.6. The van der Waals surface area contributed by atoms with Gasteiger partial charge in [-0.15, -0.1) is 0 Å². The van der Waals surface area contributed by atoms with E-state index in [0.717, 1.165) is 23.6 Å². The summed E-state index contributed by atoms with van der Waals surface area (Å²) in [6.45, 7) is 10.3. The molecule has 0 saturated carbocycles. The van der Waals surface area contributed by atoms with Crippen LogP contribution in [0, 0.1) is 0 Å². The van der Waals surface area contributed by atoms with Crippen molar-refractivity contribution in [2.45, 2.75) is 64.5 Å². The monoisotopic (exact) mass is 360 g/mol. The number of likely N-dealkylation sites (tertiary alicyclic amines) is 1. The SMILES string of the molecule is CCc1cc(CN2CCC(C(=O)O)(n3ccc(C(C)(C)C)n3)CC2)on1. The first-order valence-corrected chi connectivity index (χ1v) is 9.21. The van der Waals surface area contributed by atoms with Crippen LogP contribution in [0.3, 0.4) is 0 Å². The van der Waals surface area contributed by atoms with E-state index in [1.54, 1.807) is 4.68 Å². The number of aryl methyl sites for hydroxylation is 1. The van der Waals surface area contributed by atoms with Gasteiger partial charge in [-0.2, -0.15) is 5.10 Å². The van der Waals surface area contributed by atoms with Crippen LogP contribution in [0.1, 0.15) is 57.7 Å². The van der Waals surface area contributed by atoms with Crippen LogP contribution in [0.25, 0.3) is 0 Å². The van der Waals surface area contributed by atoms with Gasteiger partial charge in [0.05, 0.1) is 17.9 Å². The molecule has 2 aromatic heterocycles. The lowest BCUT2D eigenvalue weighted by molar-refractivity contribution is -0.151. The summed E-state index contributed by atoms with van der Waals surface area (Å²) >= 11 is 0. The van der Waals surface area contributed by atoms with Gasteiger partial charge in [0, 0.05) is 30.8 Å². The molecular weight excluding hydrogens is 332 g/mol. The zero-order chi connectivity index (χ0) is 18.9. The summed E-state index contributed by atoms with van der Waals surface area (Å²) < 4.78 is 7.02. The molecule has 1 N–H and O–H groups in total. The molecule has 0 atom stereocenters. The fourth-order valence-corrected chi connectivity index (χ4v) is 3.40. The second-order valence-corrected chi connectivity index (χ2v) is 8.15. The molecule has 0 amide bonds. The van der Waals surface area contributed by atoms with Crippen molar-refractivity contribution in [3.63, 3.8) is 0 Å². The van der Waals surface area contributed by atoms with E-state index >= 15 is 0 Å². The Labute approximate surface area is 154 Å². The van der Waals surface area contributed by atoms with Crippen LogP contribution in [-0.2, 0) is 28.7 Å². The molecule has 0 bridgehead atoms. The Kier molecular flexibility index (Phi) is 4.92. The first-order chi connectivity index (χ1) is 12.2. The van der Waals surface area contributed by atoms with E-state index in [9.17, 15) is 9.90 Å². The number of carboxylic acid groups (broad SMARTS) is 1. The average Bonchev–Trinajstić information content (AvgIpc) is 3.24. The maximum atomic E-state index is 12.1. The topological polar surface area (TPSA) is 84.4 Å². The van der Waals surface area contributed by atoms with Crippen LogP contribution in [0.5, 0.6) is 0 Å². The third-order valence-electron chi connectivity index (χ3n) is 5.23. The van der Waals surface area contributed by atoms with Crippen molar-refractivity contribution in [3.05, 3.63) is 35.5 Å². The smallest absolute Gasteiger partial charge is 0.331 e. The third kappa shape index (κ3) is 3.53. The second kappa shape index (κ2) is 6.87. The minimum Gasteiger partial charge on any atom is -0.479 e. The Morgan fingerprint density at radius 1 is 1.35 bits per heavy atom. The number of aliphatic carboxylic acids is 1. The lowest BCUT2D eigenvalue weighted by Gasteiger charge is -2.38. The fraction of sp³-hybridized carbons (Fsp3) is 0.632. The highest BCUT2D eigenvalue weighted by molar-refractivity contribution is 5.76. The molecule has 3 heterocycles. The molecule has 0 radical (unpaired) electrons. The largest absolute Gasteiger partial charge is 0.479 e. The molecule has 1 aliphatic heterocycles. The van der Waals surface area contributed by atoms with Crippen molar-refractivity contribution >= 4 is 5.97 Å². The molecule has 0 unspecified atom stereocenters. The average molecular weight is 360 g/mol. The minimum absolute atomic E-state index is 0.102. The standard InChI is InChI=1S/C19H28N4O3/c1-5-14-12-15(26-21-14)13-22-10-7-19(8-11-22,17(24)25)23-9-6-16(20-23)18(2,3)4/h6,9,12H,5,7-8,10-11,13H2,1-4H3,(H,24,25). The van der Waals surface area contributed by atoms with Crippen molar-refractivity contribution in [3.8, 4) is 0 Å². The van der Waals surface area contributed by atoms with Crippen LogP contribution in [-0.4, -0.2) is 44.0 Å². The van der Waals surface area contributed by atoms with E-state index in [1.165, 1.54) is 0 Å².